The number of nitrogens with two attached hydrogens (primary N) is 1. The fraction of sp³-hybridized carbons (Fsp3) is 0.850. The number of likely N-dealkylation sites (N-methyl/N-ethyl adjacent to an activating group) is 1. The van der Waals surface area contributed by atoms with Crippen molar-refractivity contribution in [1.82, 2.24) is 19.9 Å². The number of piperidine rings is 1. The molecule has 7 nitrogen and oxygen atoms in total. The number of rotatable bonds is 4. The highest BCUT2D eigenvalue weighted by atomic mass is 16.5. The molecule has 1 atom stereocenters. The fourth-order valence-electron chi connectivity index (χ4n) is 4.98. The minimum absolute atomic E-state index is 0.127. The van der Waals surface area contributed by atoms with Gasteiger partial charge < -0.3 is 20.1 Å². The average Bonchev–Trinajstić information content (AvgIpc) is 3.29. The highest BCUT2D eigenvalue weighted by Gasteiger charge is 2.43. The van der Waals surface area contributed by atoms with Crippen LogP contribution in [0.25, 0.3) is 0 Å². The fourth-order valence-corrected chi connectivity index (χ4v) is 4.98. The zero-order valence-electron chi connectivity index (χ0n) is 16.5. The van der Waals surface area contributed by atoms with Crippen LogP contribution in [0, 0.1) is 5.92 Å². The molecule has 4 rings (SSSR count). The van der Waals surface area contributed by atoms with Crippen LogP contribution >= 0.6 is 0 Å². The van der Waals surface area contributed by atoms with Gasteiger partial charge in [0.25, 0.3) is 0 Å². The molecule has 2 aliphatic heterocycles. The summed E-state index contributed by atoms with van der Waals surface area (Å²) >= 11 is 0. The molecule has 1 aromatic heterocycles. The lowest BCUT2D eigenvalue weighted by Crippen LogP contribution is -2.58. The Balaban J connectivity index is 1.27. The van der Waals surface area contributed by atoms with Crippen LogP contribution in [0.5, 0.6) is 0 Å². The quantitative estimate of drug-likeness (QED) is 0.865. The minimum Gasteiger partial charge on any atom is -0.341 e. The number of hydrogen-bond acceptors (Lipinski definition) is 6. The third-order valence-corrected chi connectivity index (χ3v) is 6.74. The lowest BCUT2D eigenvalue weighted by Gasteiger charge is -2.36. The van der Waals surface area contributed by atoms with Gasteiger partial charge in [-0.15, -0.1) is 0 Å². The van der Waals surface area contributed by atoms with Gasteiger partial charge >= 0.3 is 0 Å². The second kappa shape index (κ2) is 7.87. The summed E-state index contributed by atoms with van der Waals surface area (Å²) in [6.45, 7) is 3.14. The van der Waals surface area contributed by atoms with Gasteiger partial charge in [0, 0.05) is 38.5 Å². The molecule has 150 valence electrons. The summed E-state index contributed by atoms with van der Waals surface area (Å²) < 4.78 is 5.54. The van der Waals surface area contributed by atoms with Crippen LogP contribution in [-0.2, 0) is 11.2 Å². The van der Waals surface area contributed by atoms with Crippen molar-refractivity contribution in [2.45, 2.75) is 69.2 Å². The highest BCUT2D eigenvalue weighted by Crippen LogP contribution is 2.31. The van der Waals surface area contributed by atoms with Crippen molar-refractivity contribution in [2.24, 2.45) is 11.7 Å². The van der Waals surface area contributed by atoms with E-state index in [1.807, 2.05) is 11.9 Å². The van der Waals surface area contributed by atoms with Crippen LogP contribution in [0.2, 0.25) is 0 Å². The first-order valence-corrected chi connectivity index (χ1v) is 10.6. The molecule has 3 heterocycles. The number of nitrogens with zero attached hydrogens (tertiary/aromatic N) is 4. The standard InChI is InChI=1S/C20H33N5O2/c1-24-12-9-20(21,14-24)19(26)25-10-7-15(8-11-25)13-17-22-18(23-27-17)16-5-3-2-4-6-16/h15-16H,2-14,21H2,1H3. The zero-order valence-corrected chi connectivity index (χ0v) is 16.5. The molecule has 7 heteroatoms. The largest absolute Gasteiger partial charge is 0.341 e. The Labute approximate surface area is 161 Å². The molecular weight excluding hydrogens is 342 g/mol. The van der Waals surface area contributed by atoms with E-state index in [1.165, 1.54) is 32.1 Å². The number of amides is 1. The summed E-state index contributed by atoms with van der Waals surface area (Å²) in [6.07, 6.45) is 9.83. The van der Waals surface area contributed by atoms with E-state index in [0.29, 0.717) is 18.4 Å². The molecular formula is C20H33N5O2. The van der Waals surface area contributed by atoms with Crippen LogP contribution in [0.1, 0.15) is 69.0 Å². The predicted molar refractivity (Wildman–Crippen MR) is 102 cm³/mol. The van der Waals surface area contributed by atoms with Crippen molar-refractivity contribution in [3.8, 4) is 0 Å². The molecule has 0 bridgehead atoms. The van der Waals surface area contributed by atoms with Gasteiger partial charge in [-0.2, -0.15) is 4.98 Å². The molecule has 0 aromatic carbocycles. The Morgan fingerprint density at radius 2 is 1.93 bits per heavy atom. The van der Waals surface area contributed by atoms with E-state index in [9.17, 15) is 4.79 Å². The van der Waals surface area contributed by atoms with E-state index in [2.05, 4.69) is 15.0 Å². The highest BCUT2D eigenvalue weighted by molar-refractivity contribution is 5.87. The summed E-state index contributed by atoms with van der Waals surface area (Å²) in [5, 5.41) is 4.25. The van der Waals surface area contributed by atoms with E-state index in [-0.39, 0.29) is 5.91 Å². The smallest absolute Gasteiger partial charge is 0.244 e. The summed E-state index contributed by atoms with van der Waals surface area (Å²) in [5.74, 6) is 2.80. The van der Waals surface area contributed by atoms with Gasteiger partial charge in [0.15, 0.2) is 5.82 Å². The van der Waals surface area contributed by atoms with Crippen molar-refractivity contribution >= 4 is 5.91 Å². The van der Waals surface area contributed by atoms with Gasteiger partial charge in [0.2, 0.25) is 11.8 Å². The normalized spacial score (nSPS) is 28.7. The van der Waals surface area contributed by atoms with Crippen molar-refractivity contribution in [1.29, 1.82) is 0 Å². The Hall–Kier alpha value is -1.47. The average molecular weight is 376 g/mol. The van der Waals surface area contributed by atoms with Crippen LogP contribution in [0.4, 0.5) is 0 Å². The first-order chi connectivity index (χ1) is 13.0. The number of carbonyl (C=O) groups is 1. The van der Waals surface area contributed by atoms with E-state index < -0.39 is 5.54 Å². The van der Waals surface area contributed by atoms with E-state index in [4.69, 9.17) is 10.3 Å². The molecule has 2 saturated heterocycles. The monoisotopic (exact) mass is 375 g/mol. The van der Waals surface area contributed by atoms with Crippen molar-refractivity contribution < 1.29 is 9.32 Å². The second-order valence-corrected chi connectivity index (χ2v) is 8.96. The van der Waals surface area contributed by atoms with Crippen molar-refractivity contribution in [2.75, 3.05) is 33.2 Å². The third kappa shape index (κ3) is 4.19. The van der Waals surface area contributed by atoms with Gasteiger partial charge in [0.05, 0.1) is 0 Å². The summed E-state index contributed by atoms with van der Waals surface area (Å²) in [4.78, 5) is 21.6. The van der Waals surface area contributed by atoms with Crippen LogP contribution in [0.15, 0.2) is 4.52 Å². The molecule has 3 aliphatic rings. The zero-order chi connectivity index (χ0) is 18.9. The maximum absolute atomic E-state index is 12.8. The van der Waals surface area contributed by atoms with E-state index >= 15 is 0 Å². The van der Waals surface area contributed by atoms with Gasteiger partial charge in [-0.25, -0.2) is 0 Å². The van der Waals surface area contributed by atoms with Gasteiger partial charge in [-0.05, 0) is 45.1 Å². The summed E-state index contributed by atoms with van der Waals surface area (Å²) in [6, 6.07) is 0. The molecule has 0 radical (unpaired) electrons. The number of hydrogen-bond donors (Lipinski definition) is 1. The molecule has 1 aliphatic carbocycles. The maximum Gasteiger partial charge on any atom is 0.244 e. The van der Waals surface area contributed by atoms with Gasteiger partial charge in [0.1, 0.15) is 5.54 Å². The van der Waals surface area contributed by atoms with E-state index in [1.54, 1.807) is 0 Å². The Morgan fingerprint density at radius 3 is 2.59 bits per heavy atom. The summed E-state index contributed by atoms with van der Waals surface area (Å²) in [5.41, 5.74) is 5.70. The molecule has 3 fully saturated rings. The van der Waals surface area contributed by atoms with Crippen LogP contribution < -0.4 is 5.73 Å². The molecule has 1 unspecified atom stereocenters. The lowest BCUT2D eigenvalue weighted by molar-refractivity contribution is -0.138. The number of aromatic nitrogens is 2. The number of carbonyl (C=O) groups excluding carboxylic acids is 1. The van der Waals surface area contributed by atoms with Gasteiger partial charge in [-0.1, -0.05) is 24.4 Å². The SMILES string of the molecule is CN1CCC(N)(C(=O)N2CCC(Cc3nc(C4CCCCC4)no3)CC2)C1. The number of likely N-dealkylation sites (tertiary alicyclic amines) is 2. The summed E-state index contributed by atoms with van der Waals surface area (Å²) in [7, 11) is 2.03. The van der Waals surface area contributed by atoms with Gasteiger partial charge in [-0.3, -0.25) is 4.79 Å². The van der Waals surface area contributed by atoms with Crippen molar-refractivity contribution in [3.05, 3.63) is 11.7 Å². The molecule has 0 spiro atoms. The molecule has 27 heavy (non-hydrogen) atoms. The van der Waals surface area contributed by atoms with Crippen LogP contribution in [-0.4, -0.2) is 64.6 Å². The Kier molecular flexibility index (Phi) is 5.50. The molecule has 2 N–H and O–H groups in total. The third-order valence-electron chi connectivity index (χ3n) is 6.74. The first kappa shape index (κ1) is 18.9. The predicted octanol–water partition coefficient (Wildman–Crippen LogP) is 1.93. The first-order valence-electron chi connectivity index (χ1n) is 10.6. The van der Waals surface area contributed by atoms with Crippen molar-refractivity contribution in [3.63, 3.8) is 0 Å². The topological polar surface area (TPSA) is 88.5 Å². The minimum atomic E-state index is -0.691. The van der Waals surface area contributed by atoms with Crippen LogP contribution in [0.3, 0.4) is 0 Å². The Bertz CT molecular complexity index is 649. The molecule has 1 amide bonds. The lowest BCUT2D eigenvalue weighted by atomic mass is 9.89. The molecule has 1 aromatic rings. The maximum atomic E-state index is 12.8. The van der Waals surface area contributed by atoms with E-state index in [0.717, 1.165) is 57.0 Å². The molecule has 1 saturated carbocycles. The second-order valence-electron chi connectivity index (χ2n) is 8.96. The Morgan fingerprint density at radius 1 is 1.19 bits per heavy atom.